The lowest BCUT2D eigenvalue weighted by Crippen LogP contribution is -2.30. The molecule has 1 atom stereocenters. The molecule has 0 bridgehead atoms. The summed E-state index contributed by atoms with van der Waals surface area (Å²) in [6, 6.07) is 20.4. The van der Waals surface area contributed by atoms with Crippen molar-refractivity contribution in [3.63, 3.8) is 0 Å². The lowest BCUT2D eigenvalue weighted by atomic mass is 9.87. The van der Waals surface area contributed by atoms with E-state index in [1.54, 1.807) is 0 Å². The van der Waals surface area contributed by atoms with Crippen LogP contribution in [0, 0.1) is 18.3 Å². The summed E-state index contributed by atoms with van der Waals surface area (Å²) in [5.41, 5.74) is 4.00. The van der Waals surface area contributed by atoms with Gasteiger partial charge in [0, 0.05) is 18.1 Å². The Labute approximate surface area is 146 Å². The van der Waals surface area contributed by atoms with Gasteiger partial charge in [0.2, 0.25) is 5.91 Å². The molecule has 0 saturated heterocycles. The van der Waals surface area contributed by atoms with Crippen molar-refractivity contribution < 1.29 is 4.79 Å². The van der Waals surface area contributed by atoms with Crippen LogP contribution in [0.4, 0.5) is 0 Å². The van der Waals surface area contributed by atoms with E-state index in [9.17, 15) is 10.1 Å². The lowest BCUT2D eigenvalue weighted by molar-refractivity contribution is -0.120. The van der Waals surface area contributed by atoms with Gasteiger partial charge in [0.1, 0.15) is 0 Å². The first-order valence-electron chi connectivity index (χ1n) is 7.85. The van der Waals surface area contributed by atoms with E-state index in [0.29, 0.717) is 17.0 Å². The molecule has 0 radical (unpaired) electrons. The zero-order chi connectivity index (χ0) is 16.9. The van der Waals surface area contributed by atoms with Crippen molar-refractivity contribution in [1.29, 1.82) is 5.26 Å². The summed E-state index contributed by atoms with van der Waals surface area (Å²) >= 11 is 1.51. The summed E-state index contributed by atoms with van der Waals surface area (Å²) in [5.74, 6) is 0.528. The second kappa shape index (κ2) is 7.37. The van der Waals surface area contributed by atoms with Crippen LogP contribution in [-0.4, -0.2) is 5.91 Å². The minimum atomic E-state index is -0.164. The minimum absolute atomic E-state index is 0.0323. The molecule has 3 rings (SSSR count). The predicted molar refractivity (Wildman–Crippen MR) is 97.1 cm³/mol. The van der Waals surface area contributed by atoms with Gasteiger partial charge in [0.25, 0.3) is 0 Å². The maximum Gasteiger partial charge on any atom is 0.225 e. The molecule has 0 aliphatic carbocycles. The average molecular weight is 334 g/mol. The molecule has 0 spiro atoms. The maximum absolute atomic E-state index is 12.1. The first kappa shape index (κ1) is 16.4. The molecule has 120 valence electrons. The Hall–Kier alpha value is -2.51. The Balaban J connectivity index is 1.88. The molecule has 0 aromatic heterocycles. The molecule has 4 heteroatoms. The van der Waals surface area contributed by atoms with Crippen LogP contribution in [0.15, 0.2) is 65.2 Å². The molecule has 1 aliphatic heterocycles. The number of nitrogens with one attached hydrogen (secondary N) is 1. The van der Waals surface area contributed by atoms with Crippen LogP contribution in [0.3, 0.4) is 0 Å². The van der Waals surface area contributed by atoms with Crippen molar-refractivity contribution in [2.45, 2.75) is 25.0 Å². The second-order valence-corrected chi connectivity index (χ2v) is 6.83. The highest BCUT2D eigenvalue weighted by Gasteiger charge is 2.29. The van der Waals surface area contributed by atoms with Crippen molar-refractivity contribution in [2.75, 3.05) is 0 Å². The van der Waals surface area contributed by atoms with Crippen LogP contribution in [0.1, 0.15) is 29.0 Å². The van der Waals surface area contributed by atoms with E-state index in [0.717, 1.165) is 11.3 Å². The number of nitrogens with zero attached hydrogens (tertiary/aromatic N) is 1. The van der Waals surface area contributed by atoms with Gasteiger partial charge in [-0.25, -0.2) is 0 Å². The van der Waals surface area contributed by atoms with Crippen LogP contribution in [0.2, 0.25) is 0 Å². The van der Waals surface area contributed by atoms with E-state index in [2.05, 4.69) is 11.4 Å². The predicted octanol–water partition coefficient (Wildman–Crippen LogP) is 4.27. The summed E-state index contributed by atoms with van der Waals surface area (Å²) in [6.45, 7) is 2.03. The van der Waals surface area contributed by atoms with E-state index < -0.39 is 0 Å². The van der Waals surface area contributed by atoms with Crippen molar-refractivity contribution in [2.24, 2.45) is 0 Å². The second-order valence-electron chi connectivity index (χ2n) is 5.84. The fourth-order valence-corrected chi connectivity index (χ4v) is 3.78. The van der Waals surface area contributed by atoms with Crippen LogP contribution in [0.25, 0.3) is 0 Å². The zero-order valence-corrected chi connectivity index (χ0v) is 14.3. The molecular weight excluding hydrogens is 316 g/mol. The highest BCUT2D eigenvalue weighted by molar-refractivity contribution is 8.02. The van der Waals surface area contributed by atoms with Gasteiger partial charge in [-0.1, -0.05) is 60.2 Å². The zero-order valence-electron chi connectivity index (χ0n) is 13.5. The van der Waals surface area contributed by atoms with Gasteiger partial charge in [-0.15, -0.1) is 11.8 Å². The van der Waals surface area contributed by atoms with Gasteiger partial charge in [0.15, 0.2) is 0 Å². The highest BCUT2D eigenvalue weighted by Crippen LogP contribution is 2.36. The van der Waals surface area contributed by atoms with Crippen LogP contribution < -0.4 is 5.32 Å². The van der Waals surface area contributed by atoms with Crippen LogP contribution in [-0.2, 0) is 10.5 Å². The molecule has 2 aromatic carbocycles. The molecule has 0 saturated carbocycles. The highest BCUT2D eigenvalue weighted by atomic mass is 32.2. The summed E-state index contributed by atoms with van der Waals surface area (Å²) in [4.78, 5) is 12.1. The molecule has 0 fully saturated rings. The molecule has 1 amide bonds. The fraction of sp³-hybridized carbons (Fsp3) is 0.200. The van der Waals surface area contributed by atoms with Crippen molar-refractivity contribution in [3.05, 3.63) is 81.9 Å². The molecule has 24 heavy (non-hydrogen) atoms. The van der Waals surface area contributed by atoms with Crippen LogP contribution >= 0.6 is 11.8 Å². The number of benzene rings is 2. The number of carbonyl (C=O) groups is 1. The van der Waals surface area contributed by atoms with Crippen molar-refractivity contribution in [1.82, 2.24) is 5.32 Å². The molecule has 3 nitrogen and oxygen atoms in total. The molecule has 1 N–H and O–H groups in total. The monoisotopic (exact) mass is 334 g/mol. The normalized spacial score (nSPS) is 17.3. The average Bonchev–Trinajstić information content (AvgIpc) is 2.61. The molecular formula is C20H18N2OS. The Bertz CT molecular complexity index is 804. The largest absolute Gasteiger partial charge is 0.320 e. The number of carbonyl (C=O) groups excluding carboxylic acids is 1. The number of thioether (sulfide) groups is 1. The van der Waals surface area contributed by atoms with Gasteiger partial charge >= 0.3 is 0 Å². The smallest absolute Gasteiger partial charge is 0.225 e. The first-order valence-corrected chi connectivity index (χ1v) is 8.83. The Morgan fingerprint density at radius 1 is 1.17 bits per heavy atom. The van der Waals surface area contributed by atoms with Gasteiger partial charge in [-0.2, -0.15) is 5.26 Å². The van der Waals surface area contributed by atoms with E-state index in [1.165, 1.54) is 22.9 Å². The maximum atomic E-state index is 12.1. The van der Waals surface area contributed by atoms with Gasteiger partial charge in [0.05, 0.1) is 16.7 Å². The number of hydrogen-bond acceptors (Lipinski definition) is 3. The van der Waals surface area contributed by atoms with E-state index >= 15 is 0 Å². The van der Waals surface area contributed by atoms with E-state index in [-0.39, 0.29) is 11.8 Å². The van der Waals surface area contributed by atoms with Gasteiger partial charge in [-0.05, 0) is 18.1 Å². The molecule has 0 unspecified atom stereocenters. The third-order valence-electron chi connectivity index (χ3n) is 4.06. The molecule has 2 aromatic rings. The Morgan fingerprint density at radius 2 is 1.88 bits per heavy atom. The number of amides is 1. The van der Waals surface area contributed by atoms with Crippen LogP contribution in [0.5, 0.6) is 0 Å². The third kappa shape index (κ3) is 3.69. The summed E-state index contributed by atoms with van der Waals surface area (Å²) in [6.07, 6.45) is 0.321. The van der Waals surface area contributed by atoms with Gasteiger partial charge in [-0.3, -0.25) is 4.79 Å². The summed E-state index contributed by atoms with van der Waals surface area (Å²) in [7, 11) is 0. The first-order chi connectivity index (χ1) is 11.7. The molecule has 1 heterocycles. The fourth-order valence-electron chi connectivity index (χ4n) is 2.75. The van der Waals surface area contributed by atoms with E-state index in [1.807, 2.05) is 61.5 Å². The van der Waals surface area contributed by atoms with Crippen molar-refractivity contribution >= 4 is 17.7 Å². The topological polar surface area (TPSA) is 52.9 Å². The number of nitriles is 1. The SMILES string of the molecule is Cc1ccc([C@H]2CC(=O)NC(SCc3ccccc3)=C2C#N)cc1. The quantitative estimate of drug-likeness (QED) is 0.908. The van der Waals surface area contributed by atoms with Crippen molar-refractivity contribution in [3.8, 4) is 6.07 Å². The molecule has 1 aliphatic rings. The van der Waals surface area contributed by atoms with Gasteiger partial charge < -0.3 is 5.32 Å². The number of rotatable bonds is 4. The lowest BCUT2D eigenvalue weighted by Gasteiger charge is -2.25. The summed E-state index contributed by atoms with van der Waals surface area (Å²) < 4.78 is 0. The Kier molecular flexibility index (Phi) is 5.02. The number of aryl methyl sites for hydroxylation is 1. The third-order valence-corrected chi connectivity index (χ3v) is 5.15. The summed E-state index contributed by atoms with van der Waals surface area (Å²) in [5, 5.41) is 13.2. The number of hydrogen-bond donors (Lipinski definition) is 1. The van der Waals surface area contributed by atoms with E-state index in [4.69, 9.17) is 0 Å². The standard InChI is InChI=1S/C20H18N2OS/c1-14-7-9-16(10-8-14)17-11-19(23)22-20(18(17)12-21)24-13-15-5-3-2-4-6-15/h2-10,17H,11,13H2,1H3,(H,22,23)/t17-/m1/s1. The number of allylic oxidation sites excluding steroid dienone is 1. The Morgan fingerprint density at radius 3 is 2.54 bits per heavy atom. The minimum Gasteiger partial charge on any atom is -0.320 e.